The monoisotopic (exact) mass is 234 g/mol. The summed E-state index contributed by atoms with van der Waals surface area (Å²) in [6, 6.07) is 0.408. The predicted molar refractivity (Wildman–Crippen MR) is 70.2 cm³/mol. The highest BCUT2D eigenvalue weighted by atomic mass is 15.3. The van der Waals surface area contributed by atoms with E-state index in [9.17, 15) is 0 Å². The van der Waals surface area contributed by atoms with Crippen molar-refractivity contribution in [2.75, 3.05) is 0 Å². The van der Waals surface area contributed by atoms with Crippen LogP contribution >= 0.6 is 0 Å². The fourth-order valence-electron chi connectivity index (χ4n) is 2.20. The van der Waals surface area contributed by atoms with Crippen molar-refractivity contribution in [2.24, 2.45) is 0 Å². The van der Waals surface area contributed by atoms with Crippen molar-refractivity contribution in [3.8, 4) is 0 Å². The average molecular weight is 234 g/mol. The third kappa shape index (κ3) is 2.08. The van der Waals surface area contributed by atoms with E-state index in [0.29, 0.717) is 12.0 Å². The molecule has 0 fully saturated rings. The Labute approximate surface area is 102 Å². The SMILES string of the molecule is CCC(CC)c1nc2c(cnn2C(C)CC)[nH]1. The van der Waals surface area contributed by atoms with E-state index in [1.54, 1.807) is 0 Å². The summed E-state index contributed by atoms with van der Waals surface area (Å²) in [6.45, 7) is 8.77. The van der Waals surface area contributed by atoms with Crippen LogP contribution in [0.15, 0.2) is 6.20 Å². The molecule has 1 N–H and O–H groups in total. The lowest BCUT2D eigenvalue weighted by Gasteiger charge is -2.09. The molecule has 94 valence electrons. The van der Waals surface area contributed by atoms with E-state index in [1.165, 1.54) is 0 Å². The predicted octanol–water partition coefficient (Wildman–Crippen LogP) is 3.63. The molecule has 0 aliphatic heterocycles. The van der Waals surface area contributed by atoms with Crippen molar-refractivity contribution in [1.82, 2.24) is 19.7 Å². The Bertz CT molecular complexity index is 479. The Morgan fingerprint density at radius 3 is 2.53 bits per heavy atom. The van der Waals surface area contributed by atoms with Gasteiger partial charge >= 0.3 is 0 Å². The number of hydrogen-bond donors (Lipinski definition) is 1. The van der Waals surface area contributed by atoms with Crippen molar-refractivity contribution in [3.63, 3.8) is 0 Å². The van der Waals surface area contributed by atoms with E-state index in [1.807, 2.05) is 10.9 Å². The molecule has 0 aromatic carbocycles. The van der Waals surface area contributed by atoms with E-state index in [0.717, 1.165) is 36.3 Å². The molecular weight excluding hydrogens is 212 g/mol. The molecule has 17 heavy (non-hydrogen) atoms. The van der Waals surface area contributed by atoms with Gasteiger partial charge in [0, 0.05) is 5.92 Å². The Kier molecular flexibility index (Phi) is 3.50. The van der Waals surface area contributed by atoms with Crippen molar-refractivity contribution < 1.29 is 0 Å². The van der Waals surface area contributed by atoms with Crippen LogP contribution in [0.3, 0.4) is 0 Å². The number of aromatic amines is 1. The van der Waals surface area contributed by atoms with Gasteiger partial charge in [-0.05, 0) is 26.2 Å². The van der Waals surface area contributed by atoms with Gasteiger partial charge in [-0.2, -0.15) is 5.10 Å². The Balaban J connectivity index is 2.40. The summed E-state index contributed by atoms with van der Waals surface area (Å²) in [7, 11) is 0. The van der Waals surface area contributed by atoms with Gasteiger partial charge in [0.15, 0.2) is 5.65 Å². The second-order valence-electron chi connectivity index (χ2n) is 4.72. The third-order valence-corrected chi connectivity index (χ3v) is 3.64. The molecule has 2 rings (SSSR count). The molecule has 0 aliphatic rings. The maximum atomic E-state index is 4.73. The summed E-state index contributed by atoms with van der Waals surface area (Å²) in [6.07, 6.45) is 5.22. The van der Waals surface area contributed by atoms with Crippen LogP contribution in [0, 0.1) is 0 Å². The van der Waals surface area contributed by atoms with Crippen LogP contribution in [0.4, 0.5) is 0 Å². The van der Waals surface area contributed by atoms with Gasteiger partial charge in [-0.1, -0.05) is 20.8 Å². The minimum absolute atomic E-state index is 0.408. The van der Waals surface area contributed by atoms with Crippen LogP contribution in [0.1, 0.15) is 64.7 Å². The lowest BCUT2D eigenvalue weighted by atomic mass is 10.0. The molecule has 4 heteroatoms. The van der Waals surface area contributed by atoms with E-state index in [-0.39, 0.29) is 0 Å². The zero-order chi connectivity index (χ0) is 12.4. The summed E-state index contributed by atoms with van der Waals surface area (Å²) >= 11 is 0. The molecule has 2 aromatic rings. The second kappa shape index (κ2) is 4.90. The van der Waals surface area contributed by atoms with Crippen LogP contribution < -0.4 is 0 Å². The largest absolute Gasteiger partial charge is 0.339 e. The molecule has 0 radical (unpaired) electrons. The second-order valence-corrected chi connectivity index (χ2v) is 4.72. The first-order valence-electron chi connectivity index (χ1n) is 6.64. The fourth-order valence-corrected chi connectivity index (χ4v) is 2.20. The number of nitrogens with one attached hydrogen (secondary N) is 1. The number of aromatic nitrogens is 4. The Morgan fingerprint density at radius 1 is 1.24 bits per heavy atom. The first-order valence-corrected chi connectivity index (χ1v) is 6.64. The summed E-state index contributed by atoms with van der Waals surface area (Å²) in [5.41, 5.74) is 2.06. The van der Waals surface area contributed by atoms with Gasteiger partial charge in [-0.3, -0.25) is 0 Å². The highest BCUT2D eigenvalue weighted by Crippen LogP contribution is 2.24. The van der Waals surface area contributed by atoms with Gasteiger partial charge in [0.25, 0.3) is 0 Å². The van der Waals surface area contributed by atoms with Crippen molar-refractivity contribution in [2.45, 2.75) is 58.9 Å². The minimum Gasteiger partial charge on any atom is -0.339 e. The van der Waals surface area contributed by atoms with Crippen LogP contribution in [0.25, 0.3) is 11.2 Å². The molecule has 0 aliphatic carbocycles. The molecule has 0 amide bonds. The zero-order valence-electron chi connectivity index (χ0n) is 11.2. The summed E-state index contributed by atoms with van der Waals surface area (Å²) in [5, 5.41) is 4.40. The van der Waals surface area contributed by atoms with Crippen LogP contribution in [-0.2, 0) is 0 Å². The van der Waals surface area contributed by atoms with Crippen molar-refractivity contribution >= 4 is 11.2 Å². The standard InChI is InChI=1S/C13H22N4/c1-5-9(4)17-13-11(8-14-17)15-12(16-13)10(6-2)7-3/h8-10H,5-7H2,1-4H3,(H,15,16). The number of hydrogen-bond acceptors (Lipinski definition) is 2. The topological polar surface area (TPSA) is 46.5 Å². The van der Waals surface area contributed by atoms with E-state index < -0.39 is 0 Å². The van der Waals surface area contributed by atoms with Gasteiger partial charge in [-0.25, -0.2) is 9.67 Å². The average Bonchev–Trinajstić information content (AvgIpc) is 2.89. The molecule has 0 saturated carbocycles. The van der Waals surface area contributed by atoms with Crippen LogP contribution in [-0.4, -0.2) is 19.7 Å². The third-order valence-electron chi connectivity index (χ3n) is 3.64. The first kappa shape index (κ1) is 12.1. The fraction of sp³-hybridized carbons (Fsp3) is 0.692. The van der Waals surface area contributed by atoms with E-state index in [4.69, 9.17) is 4.98 Å². The van der Waals surface area contributed by atoms with E-state index in [2.05, 4.69) is 37.8 Å². The number of nitrogens with zero attached hydrogens (tertiary/aromatic N) is 3. The van der Waals surface area contributed by atoms with Gasteiger partial charge in [-0.15, -0.1) is 0 Å². The first-order chi connectivity index (χ1) is 8.21. The lowest BCUT2D eigenvalue weighted by Crippen LogP contribution is -2.06. The molecule has 1 atom stereocenters. The number of fused-ring (bicyclic) bond motifs is 1. The molecule has 0 spiro atoms. The van der Waals surface area contributed by atoms with Gasteiger partial charge in [0.1, 0.15) is 11.3 Å². The highest BCUT2D eigenvalue weighted by Gasteiger charge is 2.16. The molecule has 2 aromatic heterocycles. The molecule has 1 unspecified atom stereocenters. The van der Waals surface area contributed by atoms with Crippen molar-refractivity contribution in [1.29, 1.82) is 0 Å². The maximum absolute atomic E-state index is 4.73. The van der Waals surface area contributed by atoms with Crippen LogP contribution in [0.5, 0.6) is 0 Å². The van der Waals surface area contributed by atoms with Crippen LogP contribution in [0.2, 0.25) is 0 Å². The molecule has 4 nitrogen and oxygen atoms in total. The van der Waals surface area contributed by atoms with E-state index >= 15 is 0 Å². The maximum Gasteiger partial charge on any atom is 0.176 e. The highest BCUT2D eigenvalue weighted by molar-refractivity contribution is 5.70. The molecule has 0 bridgehead atoms. The quantitative estimate of drug-likeness (QED) is 0.858. The van der Waals surface area contributed by atoms with Gasteiger partial charge in [0.05, 0.1) is 12.2 Å². The minimum atomic E-state index is 0.408. The zero-order valence-corrected chi connectivity index (χ0v) is 11.2. The smallest absolute Gasteiger partial charge is 0.176 e. The number of H-pyrrole nitrogens is 1. The summed E-state index contributed by atoms with van der Waals surface area (Å²) in [4.78, 5) is 8.13. The van der Waals surface area contributed by atoms with Crippen molar-refractivity contribution in [3.05, 3.63) is 12.0 Å². The summed E-state index contributed by atoms with van der Waals surface area (Å²) in [5.74, 6) is 1.65. The normalized spacial score (nSPS) is 13.7. The molecule has 0 saturated heterocycles. The molecular formula is C13H22N4. The van der Waals surface area contributed by atoms with Gasteiger partial charge in [0.2, 0.25) is 0 Å². The molecule has 2 heterocycles. The Morgan fingerprint density at radius 2 is 1.94 bits per heavy atom. The number of rotatable bonds is 5. The number of imidazole rings is 1. The summed E-state index contributed by atoms with van der Waals surface area (Å²) < 4.78 is 2.03. The Hall–Kier alpha value is -1.32. The lowest BCUT2D eigenvalue weighted by molar-refractivity contribution is 0.488. The van der Waals surface area contributed by atoms with Gasteiger partial charge < -0.3 is 4.98 Å².